The lowest BCUT2D eigenvalue weighted by Gasteiger charge is -2.30. The van der Waals surface area contributed by atoms with E-state index in [1.54, 1.807) is 0 Å². The molecule has 0 saturated carbocycles. The summed E-state index contributed by atoms with van der Waals surface area (Å²) in [5.41, 5.74) is 0. The number of methoxy groups -OCH3 is 3. The molecule has 0 aromatic heterocycles. The van der Waals surface area contributed by atoms with E-state index in [0.717, 1.165) is 0 Å². The van der Waals surface area contributed by atoms with Crippen molar-refractivity contribution >= 4 is 6.29 Å². The second kappa shape index (κ2) is 7.72. The number of carbonyl (C=O) groups excluding carboxylic acids is 1. The fourth-order valence-corrected chi connectivity index (χ4v) is 1.34. The van der Waals surface area contributed by atoms with E-state index in [1.165, 1.54) is 21.3 Å². The van der Waals surface area contributed by atoms with Crippen LogP contribution < -0.4 is 0 Å². The number of hydrogen-bond donors (Lipinski definition) is 2. The lowest BCUT2D eigenvalue weighted by molar-refractivity contribution is -0.155. The standard InChI is InChI=1S/C9H18O6/c1-13-7(5-11)9(15-3)8(14-2)6(12)4-10/h5-10,12H,4H2,1-3H3. The first kappa shape index (κ1) is 14.5. The third-order valence-corrected chi connectivity index (χ3v) is 2.16. The molecule has 0 saturated heterocycles. The summed E-state index contributed by atoms with van der Waals surface area (Å²) in [5.74, 6) is 0. The van der Waals surface area contributed by atoms with Crippen molar-refractivity contribution in [1.29, 1.82) is 0 Å². The van der Waals surface area contributed by atoms with Crippen molar-refractivity contribution in [2.75, 3.05) is 27.9 Å². The SMILES string of the molecule is COC(C=O)C(OC)C(OC)C(O)CO. The lowest BCUT2D eigenvalue weighted by atomic mass is 10.0. The second-order valence-electron chi connectivity index (χ2n) is 2.99. The first-order valence-corrected chi connectivity index (χ1v) is 4.48. The summed E-state index contributed by atoms with van der Waals surface area (Å²) in [4.78, 5) is 10.7. The van der Waals surface area contributed by atoms with E-state index in [9.17, 15) is 9.90 Å². The summed E-state index contributed by atoms with van der Waals surface area (Å²) >= 11 is 0. The summed E-state index contributed by atoms with van der Waals surface area (Å²) in [6, 6.07) is 0. The first-order chi connectivity index (χ1) is 7.15. The normalized spacial score (nSPS) is 19.3. The van der Waals surface area contributed by atoms with E-state index in [-0.39, 0.29) is 0 Å². The smallest absolute Gasteiger partial charge is 0.151 e. The van der Waals surface area contributed by atoms with Crippen LogP contribution in [0.2, 0.25) is 0 Å². The van der Waals surface area contributed by atoms with Crippen LogP contribution in [-0.2, 0) is 19.0 Å². The molecule has 15 heavy (non-hydrogen) atoms. The minimum atomic E-state index is -1.13. The van der Waals surface area contributed by atoms with Gasteiger partial charge in [-0.3, -0.25) is 0 Å². The molecule has 0 amide bonds. The van der Waals surface area contributed by atoms with E-state index in [0.29, 0.717) is 6.29 Å². The Bertz CT molecular complexity index is 174. The fourth-order valence-electron chi connectivity index (χ4n) is 1.34. The van der Waals surface area contributed by atoms with Gasteiger partial charge < -0.3 is 29.2 Å². The van der Waals surface area contributed by atoms with E-state index < -0.39 is 31.0 Å². The van der Waals surface area contributed by atoms with E-state index >= 15 is 0 Å². The topological polar surface area (TPSA) is 85.2 Å². The molecular weight excluding hydrogens is 204 g/mol. The van der Waals surface area contributed by atoms with Crippen molar-refractivity contribution in [2.24, 2.45) is 0 Å². The zero-order valence-corrected chi connectivity index (χ0v) is 9.12. The van der Waals surface area contributed by atoms with Gasteiger partial charge in [0.05, 0.1) is 6.61 Å². The average molecular weight is 222 g/mol. The molecule has 0 rings (SSSR count). The third kappa shape index (κ3) is 3.84. The van der Waals surface area contributed by atoms with Crippen LogP contribution in [-0.4, -0.2) is 68.9 Å². The highest BCUT2D eigenvalue weighted by Crippen LogP contribution is 2.12. The number of rotatable bonds is 8. The second-order valence-corrected chi connectivity index (χ2v) is 2.99. The van der Waals surface area contributed by atoms with Crippen LogP contribution in [0.1, 0.15) is 0 Å². The maximum atomic E-state index is 10.7. The number of hydrogen-bond acceptors (Lipinski definition) is 6. The Morgan fingerprint density at radius 1 is 1.13 bits per heavy atom. The van der Waals surface area contributed by atoms with Gasteiger partial charge in [-0.05, 0) is 0 Å². The monoisotopic (exact) mass is 222 g/mol. The molecule has 0 fully saturated rings. The molecule has 2 N–H and O–H groups in total. The number of carbonyl (C=O) groups is 1. The minimum absolute atomic E-state index is 0.479. The summed E-state index contributed by atoms with van der Waals surface area (Å²) in [5, 5.41) is 18.2. The molecule has 0 aromatic carbocycles. The van der Waals surface area contributed by atoms with Gasteiger partial charge >= 0.3 is 0 Å². The maximum Gasteiger partial charge on any atom is 0.151 e. The lowest BCUT2D eigenvalue weighted by Crippen LogP contribution is -2.49. The Kier molecular flexibility index (Phi) is 7.45. The number of aldehydes is 1. The highest BCUT2D eigenvalue weighted by atomic mass is 16.6. The van der Waals surface area contributed by atoms with Crippen LogP contribution in [0.25, 0.3) is 0 Å². The first-order valence-electron chi connectivity index (χ1n) is 4.48. The van der Waals surface area contributed by atoms with Gasteiger partial charge in [0, 0.05) is 21.3 Å². The summed E-state index contributed by atoms with van der Waals surface area (Å²) in [6.45, 7) is -0.479. The van der Waals surface area contributed by atoms with Crippen LogP contribution in [0.3, 0.4) is 0 Å². The maximum absolute atomic E-state index is 10.7. The molecule has 6 heteroatoms. The van der Waals surface area contributed by atoms with Crippen LogP contribution in [0.5, 0.6) is 0 Å². The molecule has 90 valence electrons. The molecule has 4 atom stereocenters. The van der Waals surface area contributed by atoms with Crippen molar-refractivity contribution in [3.63, 3.8) is 0 Å². The molecular formula is C9H18O6. The molecule has 0 radical (unpaired) electrons. The van der Waals surface area contributed by atoms with Crippen molar-refractivity contribution in [3.8, 4) is 0 Å². The average Bonchev–Trinajstić information content (AvgIpc) is 2.28. The van der Waals surface area contributed by atoms with Crippen LogP contribution in [0, 0.1) is 0 Å². The molecule has 6 nitrogen and oxygen atoms in total. The summed E-state index contributed by atoms with van der Waals surface area (Å²) < 4.78 is 14.8. The Morgan fingerprint density at radius 3 is 1.93 bits per heavy atom. The van der Waals surface area contributed by atoms with Crippen molar-refractivity contribution in [3.05, 3.63) is 0 Å². The predicted octanol–water partition coefficient (Wildman–Crippen LogP) is -1.42. The van der Waals surface area contributed by atoms with Crippen LogP contribution in [0.15, 0.2) is 0 Å². The zero-order chi connectivity index (χ0) is 11.8. The van der Waals surface area contributed by atoms with Crippen LogP contribution in [0.4, 0.5) is 0 Å². The molecule has 0 aliphatic heterocycles. The molecule has 0 aliphatic carbocycles. The Hall–Kier alpha value is -0.530. The third-order valence-electron chi connectivity index (χ3n) is 2.16. The summed E-state index contributed by atoms with van der Waals surface area (Å²) in [6.07, 6.45) is -3.00. The highest BCUT2D eigenvalue weighted by Gasteiger charge is 2.34. The Labute approximate surface area is 88.7 Å². The van der Waals surface area contributed by atoms with Crippen LogP contribution >= 0.6 is 0 Å². The minimum Gasteiger partial charge on any atom is -0.394 e. The predicted molar refractivity (Wildman–Crippen MR) is 51.5 cm³/mol. The quantitative estimate of drug-likeness (QED) is 0.490. The van der Waals surface area contributed by atoms with E-state index in [4.69, 9.17) is 19.3 Å². The van der Waals surface area contributed by atoms with Gasteiger partial charge in [0.25, 0.3) is 0 Å². The van der Waals surface area contributed by atoms with Crippen molar-refractivity contribution in [1.82, 2.24) is 0 Å². The molecule has 0 aliphatic rings. The molecule has 0 spiro atoms. The van der Waals surface area contributed by atoms with Gasteiger partial charge in [0.15, 0.2) is 6.29 Å². The van der Waals surface area contributed by atoms with Gasteiger partial charge in [-0.15, -0.1) is 0 Å². The highest BCUT2D eigenvalue weighted by molar-refractivity contribution is 5.57. The van der Waals surface area contributed by atoms with Gasteiger partial charge in [0.1, 0.15) is 24.4 Å². The van der Waals surface area contributed by atoms with Gasteiger partial charge in [-0.25, -0.2) is 0 Å². The fraction of sp³-hybridized carbons (Fsp3) is 0.889. The zero-order valence-electron chi connectivity index (χ0n) is 9.12. The van der Waals surface area contributed by atoms with E-state index in [1.807, 2.05) is 0 Å². The number of aliphatic hydroxyl groups is 2. The van der Waals surface area contributed by atoms with Crippen molar-refractivity contribution in [2.45, 2.75) is 24.4 Å². The largest absolute Gasteiger partial charge is 0.394 e. The number of ether oxygens (including phenoxy) is 3. The van der Waals surface area contributed by atoms with Gasteiger partial charge in [-0.2, -0.15) is 0 Å². The van der Waals surface area contributed by atoms with E-state index in [2.05, 4.69) is 0 Å². The van der Waals surface area contributed by atoms with Crippen molar-refractivity contribution < 1.29 is 29.2 Å². The van der Waals surface area contributed by atoms with Gasteiger partial charge in [0.2, 0.25) is 0 Å². The summed E-state index contributed by atoms with van der Waals surface area (Å²) in [7, 11) is 4.08. The number of aliphatic hydroxyl groups excluding tert-OH is 2. The molecule has 0 bridgehead atoms. The Balaban J connectivity index is 4.64. The Morgan fingerprint density at radius 2 is 1.67 bits per heavy atom. The molecule has 4 unspecified atom stereocenters. The van der Waals surface area contributed by atoms with Gasteiger partial charge in [-0.1, -0.05) is 0 Å². The molecule has 0 heterocycles. The molecule has 0 aromatic rings.